The number of piperidine rings is 1. The fourth-order valence-electron chi connectivity index (χ4n) is 3.41. The molecule has 2 atom stereocenters. The summed E-state index contributed by atoms with van der Waals surface area (Å²) >= 11 is 0. The third kappa shape index (κ3) is 3.02. The van der Waals surface area contributed by atoms with Gasteiger partial charge >= 0.3 is 0 Å². The summed E-state index contributed by atoms with van der Waals surface area (Å²) in [5, 5.41) is 0. The standard InChI is InChI=1S/C17H24N2O3/c1-18-9-10-22-16-7-8-19(11-15(16)18)17(20)14-6-4-3-5-13(14)12-21-2/h3-6,15-16H,7-12H2,1-2H3/t15-,16-/m1/s1. The normalized spacial score (nSPS) is 25.8. The van der Waals surface area contributed by atoms with Gasteiger partial charge in [0.2, 0.25) is 0 Å². The maximum Gasteiger partial charge on any atom is 0.254 e. The predicted molar refractivity (Wildman–Crippen MR) is 83.8 cm³/mol. The van der Waals surface area contributed by atoms with E-state index in [1.54, 1.807) is 7.11 Å². The van der Waals surface area contributed by atoms with Crippen LogP contribution in [0.3, 0.4) is 0 Å². The molecule has 5 nitrogen and oxygen atoms in total. The van der Waals surface area contributed by atoms with Gasteiger partial charge in [-0.2, -0.15) is 0 Å². The van der Waals surface area contributed by atoms with E-state index in [2.05, 4.69) is 11.9 Å². The van der Waals surface area contributed by atoms with Crippen molar-refractivity contribution in [2.24, 2.45) is 0 Å². The zero-order valence-corrected chi connectivity index (χ0v) is 13.3. The molecule has 2 aliphatic rings. The number of carbonyl (C=O) groups excluding carboxylic acids is 1. The number of morpholine rings is 1. The van der Waals surface area contributed by atoms with Gasteiger partial charge < -0.3 is 14.4 Å². The Labute approximate surface area is 131 Å². The van der Waals surface area contributed by atoms with Gasteiger partial charge in [0.05, 0.1) is 25.4 Å². The highest BCUT2D eigenvalue weighted by molar-refractivity contribution is 5.95. The smallest absolute Gasteiger partial charge is 0.254 e. The van der Waals surface area contributed by atoms with Crippen molar-refractivity contribution in [3.8, 4) is 0 Å². The summed E-state index contributed by atoms with van der Waals surface area (Å²) in [5.41, 5.74) is 1.70. The Morgan fingerprint density at radius 3 is 3.00 bits per heavy atom. The molecule has 1 aromatic carbocycles. The molecule has 1 aromatic rings. The van der Waals surface area contributed by atoms with Crippen molar-refractivity contribution < 1.29 is 14.3 Å². The van der Waals surface area contributed by atoms with Crippen LogP contribution in [0.5, 0.6) is 0 Å². The molecule has 0 spiro atoms. The van der Waals surface area contributed by atoms with Crippen LogP contribution < -0.4 is 0 Å². The minimum absolute atomic E-state index is 0.102. The fourth-order valence-corrected chi connectivity index (χ4v) is 3.41. The fraction of sp³-hybridized carbons (Fsp3) is 0.588. The van der Waals surface area contributed by atoms with E-state index in [-0.39, 0.29) is 12.0 Å². The first-order valence-electron chi connectivity index (χ1n) is 7.88. The molecule has 0 aromatic heterocycles. The lowest BCUT2D eigenvalue weighted by Gasteiger charge is -2.45. The van der Waals surface area contributed by atoms with Gasteiger partial charge in [0, 0.05) is 32.3 Å². The van der Waals surface area contributed by atoms with Gasteiger partial charge in [-0.15, -0.1) is 0 Å². The second-order valence-corrected chi connectivity index (χ2v) is 6.09. The molecule has 3 rings (SSSR count). The lowest BCUT2D eigenvalue weighted by molar-refractivity contribution is -0.0893. The van der Waals surface area contributed by atoms with E-state index < -0.39 is 0 Å². The Balaban J connectivity index is 1.75. The number of methoxy groups -OCH3 is 1. The molecule has 0 unspecified atom stereocenters. The van der Waals surface area contributed by atoms with Crippen molar-refractivity contribution in [3.63, 3.8) is 0 Å². The maximum absolute atomic E-state index is 12.9. The van der Waals surface area contributed by atoms with Gasteiger partial charge in [-0.05, 0) is 25.1 Å². The first-order valence-corrected chi connectivity index (χ1v) is 7.88. The van der Waals surface area contributed by atoms with Crippen molar-refractivity contribution >= 4 is 5.91 Å². The zero-order valence-electron chi connectivity index (χ0n) is 13.3. The van der Waals surface area contributed by atoms with E-state index in [4.69, 9.17) is 9.47 Å². The van der Waals surface area contributed by atoms with E-state index in [1.807, 2.05) is 29.2 Å². The summed E-state index contributed by atoms with van der Waals surface area (Å²) < 4.78 is 11.1. The molecule has 0 radical (unpaired) electrons. The zero-order chi connectivity index (χ0) is 15.5. The number of likely N-dealkylation sites (N-methyl/N-ethyl adjacent to an activating group) is 1. The number of ether oxygens (including phenoxy) is 2. The van der Waals surface area contributed by atoms with Crippen LogP contribution >= 0.6 is 0 Å². The number of nitrogens with zero attached hydrogens (tertiary/aromatic N) is 2. The van der Waals surface area contributed by atoms with Crippen molar-refractivity contribution in [1.29, 1.82) is 0 Å². The molecule has 0 aliphatic carbocycles. The molecule has 5 heteroatoms. The Bertz CT molecular complexity index is 534. The highest BCUT2D eigenvalue weighted by Crippen LogP contribution is 2.24. The Morgan fingerprint density at radius 1 is 1.36 bits per heavy atom. The largest absolute Gasteiger partial charge is 0.380 e. The van der Waals surface area contributed by atoms with Crippen LogP contribution in [-0.2, 0) is 16.1 Å². The van der Waals surface area contributed by atoms with Gasteiger partial charge in [0.25, 0.3) is 5.91 Å². The first kappa shape index (κ1) is 15.5. The summed E-state index contributed by atoms with van der Waals surface area (Å²) in [6.45, 7) is 3.69. The topological polar surface area (TPSA) is 42.0 Å². The number of carbonyl (C=O) groups is 1. The van der Waals surface area contributed by atoms with Crippen LogP contribution in [0.25, 0.3) is 0 Å². The molecule has 22 heavy (non-hydrogen) atoms. The van der Waals surface area contributed by atoms with Crippen LogP contribution in [0.15, 0.2) is 24.3 Å². The Kier molecular flexibility index (Phi) is 4.76. The molecule has 0 saturated carbocycles. The predicted octanol–water partition coefficient (Wildman–Crippen LogP) is 1.38. The van der Waals surface area contributed by atoms with Gasteiger partial charge in [0.1, 0.15) is 0 Å². The van der Waals surface area contributed by atoms with Crippen molar-refractivity contribution in [2.45, 2.75) is 25.2 Å². The van der Waals surface area contributed by atoms with Crippen molar-refractivity contribution in [3.05, 3.63) is 35.4 Å². The first-order chi connectivity index (χ1) is 10.7. The lowest BCUT2D eigenvalue weighted by Crippen LogP contribution is -2.59. The van der Waals surface area contributed by atoms with Crippen LogP contribution in [0.2, 0.25) is 0 Å². The van der Waals surface area contributed by atoms with Crippen molar-refractivity contribution in [2.75, 3.05) is 40.4 Å². The van der Waals surface area contributed by atoms with Gasteiger partial charge in [0.15, 0.2) is 0 Å². The van der Waals surface area contributed by atoms with Gasteiger partial charge in [-0.1, -0.05) is 18.2 Å². The summed E-state index contributed by atoms with van der Waals surface area (Å²) in [6.07, 6.45) is 1.17. The Morgan fingerprint density at radius 2 is 2.18 bits per heavy atom. The van der Waals surface area contributed by atoms with E-state index in [0.29, 0.717) is 12.6 Å². The molecule has 2 saturated heterocycles. The summed E-state index contributed by atoms with van der Waals surface area (Å²) in [5.74, 6) is 0.102. The molecule has 1 amide bonds. The number of hydrogen-bond acceptors (Lipinski definition) is 4. The summed E-state index contributed by atoms with van der Waals surface area (Å²) in [4.78, 5) is 17.2. The van der Waals surface area contributed by atoms with Crippen LogP contribution in [0.4, 0.5) is 0 Å². The van der Waals surface area contributed by atoms with Crippen LogP contribution in [0, 0.1) is 0 Å². The molecule has 0 N–H and O–H groups in total. The second-order valence-electron chi connectivity index (χ2n) is 6.09. The average Bonchev–Trinajstić information content (AvgIpc) is 2.55. The highest BCUT2D eigenvalue weighted by Gasteiger charge is 2.37. The molecule has 2 fully saturated rings. The second kappa shape index (κ2) is 6.77. The highest BCUT2D eigenvalue weighted by atomic mass is 16.5. The van der Waals surface area contributed by atoms with Crippen LogP contribution in [-0.4, -0.2) is 68.3 Å². The van der Waals surface area contributed by atoms with Gasteiger partial charge in [-0.25, -0.2) is 0 Å². The number of amides is 1. The molecule has 120 valence electrons. The quantitative estimate of drug-likeness (QED) is 0.846. The maximum atomic E-state index is 12.9. The van der Waals surface area contributed by atoms with Crippen molar-refractivity contribution in [1.82, 2.24) is 9.80 Å². The lowest BCUT2D eigenvalue weighted by atomic mass is 9.97. The summed E-state index contributed by atoms with van der Waals surface area (Å²) in [6, 6.07) is 8.01. The molecule has 2 heterocycles. The van der Waals surface area contributed by atoms with Crippen LogP contribution in [0.1, 0.15) is 22.3 Å². The minimum atomic E-state index is 0.102. The Hall–Kier alpha value is -1.43. The monoisotopic (exact) mass is 304 g/mol. The van der Waals surface area contributed by atoms with E-state index in [0.717, 1.165) is 43.8 Å². The van der Waals surface area contributed by atoms with E-state index in [9.17, 15) is 4.79 Å². The SMILES string of the molecule is COCc1ccccc1C(=O)N1CC[C@H]2OCCN(C)[C@@H]2C1. The molecule has 0 bridgehead atoms. The molecule has 2 aliphatic heterocycles. The third-order valence-corrected chi connectivity index (χ3v) is 4.70. The average molecular weight is 304 g/mol. The van der Waals surface area contributed by atoms with E-state index in [1.165, 1.54) is 0 Å². The summed E-state index contributed by atoms with van der Waals surface area (Å²) in [7, 11) is 3.77. The van der Waals surface area contributed by atoms with Gasteiger partial charge in [-0.3, -0.25) is 9.69 Å². The number of benzene rings is 1. The number of fused-ring (bicyclic) bond motifs is 1. The number of likely N-dealkylation sites (tertiary alicyclic amines) is 1. The molecular formula is C17H24N2O3. The number of hydrogen-bond donors (Lipinski definition) is 0. The minimum Gasteiger partial charge on any atom is -0.380 e. The number of rotatable bonds is 3. The molecular weight excluding hydrogens is 280 g/mol. The van der Waals surface area contributed by atoms with E-state index >= 15 is 0 Å². The third-order valence-electron chi connectivity index (χ3n) is 4.70.